The zero-order valence-corrected chi connectivity index (χ0v) is 8.15. The Morgan fingerprint density at radius 3 is 2.18 bits per heavy atom. The molecule has 0 aromatic rings. The van der Waals surface area contributed by atoms with E-state index in [4.69, 9.17) is 0 Å². The van der Waals surface area contributed by atoms with Crippen LogP contribution in [0.5, 0.6) is 0 Å². The van der Waals surface area contributed by atoms with Crippen LogP contribution in [0.15, 0.2) is 0 Å². The molecule has 0 spiro atoms. The van der Waals surface area contributed by atoms with Crippen LogP contribution in [-0.4, -0.2) is 19.4 Å². The molecule has 3 heteroatoms. The molecule has 0 rings (SSSR count). The Bertz CT molecular complexity index is 180. The van der Waals surface area contributed by atoms with Crippen LogP contribution in [0.1, 0.15) is 33.1 Å². The summed E-state index contributed by atoms with van der Waals surface area (Å²) in [5.41, 5.74) is 0. The Labute approximate surface area is 69.9 Å². The van der Waals surface area contributed by atoms with Crippen molar-refractivity contribution in [3.8, 4) is 0 Å². The second-order valence-corrected chi connectivity index (χ2v) is 5.65. The molecule has 0 fully saturated rings. The van der Waals surface area contributed by atoms with Gasteiger partial charge >= 0.3 is 0 Å². The third-order valence-electron chi connectivity index (χ3n) is 1.65. The van der Waals surface area contributed by atoms with E-state index >= 15 is 0 Å². The van der Waals surface area contributed by atoms with Crippen molar-refractivity contribution in [3.05, 3.63) is 6.92 Å². The summed E-state index contributed by atoms with van der Waals surface area (Å²) in [6.45, 7) is 7.10. The van der Waals surface area contributed by atoms with Crippen LogP contribution in [0.25, 0.3) is 0 Å². The van der Waals surface area contributed by atoms with Gasteiger partial charge in [0.15, 0.2) is 9.84 Å². The standard InChI is InChI=1S/C8H17O2S/c1-4-5-6-7-11(9,10)8(2)3/h8H,1,4-7H2,2-3H3. The lowest BCUT2D eigenvalue weighted by atomic mass is 10.3. The first kappa shape index (κ1) is 11.0. The van der Waals surface area contributed by atoms with Gasteiger partial charge < -0.3 is 0 Å². The maximum atomic E-state index is 11.2. The van der Waals surface area contributed by atoms with E-state index in [0.29, 0.717) is 5.75 Å². The molecule has 0 N–H and O–H groups in total. The quantitative estimate of drug-likeness (QED) is 0.600. The summed E-state index contributed by atoms with van der Waals surface area (Å²) < 4.78 is 22.4. The van der Waals surface area contributed by atoms with Crippen molar-refractivity contribution < 1.29 is 8.42 Å². The Kier molecular flexibility index (Phi) is 4.73. The van der Waals surface area contributed by atoms with E-state index in [0.717, 1.165) is 19.3 Å². The minimum absolute atomic E-state index is 0.229. The molecule has 0 aromatic heterocycles. The topological polar surface area (TPSA) is 34.1 Å². The van der Waals surface area contributed by atoms with Gasteiger partial charge in [-0.15, -0.1) is 0 Å². The van der Waals surface area contributed by atoms with Crippen LogP contribution in [0.2, 0.25) is 0 Å². The molecule has 0 aliphatic heterocycles. The number of hydrogen-bond donors (Lipinski definition) is 0. The first-order valence-electron chi connectivity index (χ1n) is 4.01. The fourth-order valence-electron chi connectivity index (χ4n) is 0.716. The van der Waals surface area contributed by atoms with Crippen molar-refractivity contribution >= 4 is 9.84 Å². The fraction of sp³-hybridized carbons (Fsp3) is 0.875. The van der Waals surface area contributed by atoms with Gasteiger partial charge in [-0.2, -0.15) is 0 Å². The van der Waals surface area contributed by atoms with Crippen molar-refractivity contribution in [3.63, 3.8) is 0 Å². The maximum Gasteiger partial charge on any atom is 0.152 e. The summed E-state index contributed by atoms with van der Waals surface area (Å²) in [7, 11) is -2.80. The van der Waals surface area contributed by atoms with E-state index in [2.05, 4.69) is 6.92 Å². The number of rotatable bonds is 5. The molecule has 0 atom stereocenters. The summed E-state index contributed by atoms with van der Waals surface area (Å²) in [5, 5.41) is -0.229. The average Bonchev–Trinajstić information content (AvgIpc) is 1.88. The molecular weight excluding hydrogens is 160 g/mol. The first-order valence-corrected chi connectivity index (χ1v) is 5.73. The number of hydrogen-bond acceptors (Lipinski definition) is 2. The lowest BCUT2D eigenvalue weighted by Crippen LogP contribution is -2.17. The molecule has 0 aromatic carbocycles. The summed E-state index contributed by atoms with van der Waals surface area (Å²) in [6, 6.07) is 0. The molecule has 11 heavy (non-hydrogen) atoms. The predicted octanol–water partition coefficient (Wildman–Crippen LogP) is 1.81. The van der Waals surface area contributed by atoms with Crippen LogP contribution >= 0.6 is 0 Å². The molecule has 2 nitrogen and oxygen atoms in total. The maximum absolute atomic E-state index is 11.2. The Balaban J connectivity index is 3.75. The molecule has 0 heterocycles. The van der Waals surface area contributed by atoms with Gasteiger partial charge in [-0.05, 0) is 20.3 Å². The van der Waals surface area contributed by atoms with Gasteiger partial charge in [-0.3, -0.25) is 0 Å². The van der Waals surface area contributed by atoms with E-state index in [1.165, 1.54) is 0 Å². The lowest BCUT2D eigenvalue weighted by molar-refractivity contribution is 0.583. The molecule has 1 radical (unpaired) electrons. The highest BCUT2D eigenvalue weighted by molar-refractivity contribution is 7.91. The third-order valence-corrected chi connectivity index (χ3v) is 3.94. The van der Waals surface area contributed by atoms with Crippen LogP contribution < -0.4 is 0 Å². The monoisotopic (exact) mass is 177 g/mol. The molecule has 0 saturated carbocycles. The molecule has 0 aliphatic carbocycles. The van der Waals surface area contributed by atoms with Crippen molar-refractivity contribution in [2.24, 2.45) is 0 Å². The van der Waals surface area contributed by atoms with Gasteiger partial charge in [0.1, 0.15) is 0 Å². The van der Waals surface area contributed by atoms with Crippen LogP contribution in [-0.2, 0) is 9.84 Å². The van der Waals surface area contributed by atoms with Gasteiger partial charge in [0.2, 0.25) is 0 Å². The van der Waals surface area contributed by atoms with Crippen LogP contribution in [0.3, 0.4) is 0 Å². The van der Waals surface area contributed by atoms with Crippen molar-refractivity contribution in [1.82, 2.24) is 0 Å². The predicted molar refractivity (Wildman–Crippen MR) is 48.1 cm³/mol. The summed E-state index contributed by atoms with van der Waals surface area (Å²) in [5.74, 6) is 0.320. The summed E-state index contributed by atoms with van der Waals surface area (Å²) in [4.78, 5) is 0. The minimum atomic E-state index is -2.80. The number of sulfone groups is 1. The highest BCUT2D eigenvalue weighted by Gasteiger charge is 2.14. The summed E-state index contributed by atoms with van der Waals surface area (Å²) >= 11 is 0. The van der Waals surface area contributed by atoms with E-state index in [1.54, 1.807) is 13.8 Å². The van der Waals surface area contributed by atoms with Gasteiger partial charge in [0.25, 0.3) is 0 Å². The normalized spacial score (nSPS) is 12.4. The van der Waals surface area contributed by atoms with Crippen molar-refractivity contribution in [2.75, 3.05) is 5.75 Å². The van der Waals surface area contributed by atoms with E-state index in [9.17, 15) is 8.42 Å². The molecule has 67 valence electrons. The first-order chi connectivity index (χ1) is 5.00. The fourth-order valence-corrected chi connectivity index (χ4v) is 1.79. The van der Waals surface area contributed by atoms with Gasteiger partial charge in [-0.1, -0.05) is 19.8 Å². The van der Waals surface area contributed by atoms with Gasteiger partial charge in [0.05, 0.1) is 11.0 Å². The van der Waals surface area contributed by atoms with Gasteiger partial charge in [-0.25, -0.2) is 8.42 Å². The van der Waals surface area contributed by atoms with E-state index < -0.39 is 9.84 Å². The average molecular weight is 177 g/mol. The van der Waals surface area contributed by atoms with E-state index in [-0.39, 0.29) is 5.25 Å². The Morgan fingerprint density at radius 2 is 1.82 bits per heavy atom. The van der Waals surface area contributed by atoms with Crippen LogP contribution in [0.4, 0.5) is 0 Å². The molecule has 0 amide bonds. The molecule has 0 bridgehead atoms. The summed E-state index contributed by atoms with van der Waals surface area (Å²) in [6.07, 6.45) is 2.49. The second-order valence-electron chi connectivity index (χ2n) is 2.98. The molecule has 0 aliphatic rings. The zero-order chi connectivity index (χ0) is 8.91. The number of unbranched alkanes of at least 4 members (excludes halogenated alkanes) is 2. The SMILES string of the molecule is [CH2]CCCCS(=O)(=O)C(C)C. The molecule has 0 saturated heterocycles. The largest absolute Gasteiger partial charge is 0.229 e. The van der Waals surface area contributed by atoms with Crippen molar-refractivity contribution in [2.45, 2.75) is 38.4 Å². The van der Waals surface area contributed by atoms with Gasteiger partial charge in [0, 0.05) is 0 Å². The third kappa shape index (κ3) is 4.40. The second kappa shape index (κ2) is 4.75. The van der Waals surface area contributed by atoms with Crippen molar-refractivity contribution in [1.29, 1.82) is 0 Å². The molecular formula is C8H17O2S. The minimum Gasteiger partial charge on any atom is -0.229 e. The zero-order valence-electron chi connectivity index (χ0n) is 7.34. The lowest BCUT2D eigenvalue weighted by Gasteiger charge is -2.05. The molecule has 0 unspecified atom stereocenters. The van der Waals surface area contributed by atoms with Crippen LogP contribution in [0, 0.1) is 6.92 Å². The highest BCUT2D eigenvalue weighted by Crippen LogP contribution is 2.05. The highest BCUT2D eigenvalue weighted by atomic mass is 32.2. The smallest absolute Gasteiger partial charge is 0.152 e. The Morgan fingerprint density at radius 1 is 1.27 bits per heavy atom. The Hall–Kier alpha value is -0.0500. The van der Waals surface area contributed by atoms with E-state index in [1.807, 2.05) is 0 Å².